The molecule has 1 aliphatic heterocycles. The second-order valence-electron chi connectivity index (χ2n) is 7.98. The molecule has 6 nitrogen and oxygen atoms in total. The smallest absolute Gasteiger partial charge is 0.256 e. The van der Waals surface area contributed by atoms with Crippen molar-refractivity contribution in [2.24, 2.45) is 5.92 Å². The van der Waals surface area contributed by atoms with Crippen molar-refractivity contribution in [1.29, 1.82) is 0 Å². The lowest BCUT2D eigenvalue weighted by Gasteiger charge is -2.31. The highest BCUT2D eigenvalue weighted by Gasteiger charge is 2.29. The molecule has 1 saturated heterocycles. The van der Waals surface area contributed by atoms with Gasteiger partial charge in [-0.2, -0.15) is 0 Å². The standard InChI is InChI=1S/C24H20F2N4O2S/c25-17-3-6-19(20(26)13-17)23(32)29-9-7-16(8-10-29)22(31)27-18-4-1-15(2-5-18)21-14-30-11-12-33-24(30)28-21/h1-6,11-14,16H,7-10H2,(H,27,31). The van der Waals surface area contributed by atoms with Crippen LogP contribution in [0.3, 0.4) is 0 Å². The molecule has 0 spiro atoms. The molecule has 9 heteroatoms. The number of hydrogen-bond acceptors (Lipinski definition) is 4. The van der Waals surface area contributed by atoms with Crippen LogP contribution in [0.1, 0.15) is 23.2 Å². The number of piperidine rings is 1. The highest BCUT2D eigenvalue weighted by molar-refractivity contribution is 7.15. The van der Waals surface area contributed by atoms with E-state index in [1.54, 1.807) is 11.3 Å². The highest BCUT2D eigenvalue weighted by atomic mass is 32.1. The summed E-state index contributed by atoms with van der Waals surface area (Å²) in [6.45, 7) is 0.675. The number of halogens is 2. The Morgan fingerprint density at radius 2 is 1.82 bits per heavy atom. The molecule has 2 amide bonds. The Labute approximate surface area is 192 Å². The predicted octanol–water partition coefficient (Wildman–Crippen LogP) is 4.83. The van der Waals surface area contributed by atoms with Crippen molar-refractivity contribution in [3.63, 3.8) is 0 Å². The minimum absolute atomic E-state index is 0.106. The number of amides is 2. The Kier molecular flexibility index (Phi) is 5.63. The molecule has 2 aromatic heterocycles. The summed E-state index contributed by atoms with van der Waals surface area (Å²) in [7, 11) is 0. The number of carbonyl (C=O) groups excluding carboxylic acids is 2. The van der Waals surface area contributed by atoms with Crippen molar-refractivity contribution >= 4 is 33.8 Å². The highest BCUT2D eigenvalue weighted by Crippen LogP contribution is 2.25. The number of carbonyl (C=O) groups is 2. The molecule has 0 radical (unpaired) electrons. The molecule has 1 fully saturated rings. The van der Waals surface area contributed by atoms with E-state index in [0.717, 1.165) is 28.4 Å². The van der Waals surface area contributed by atoms with Gasteiger partial charge >= 0.3 is 0 Å². The van der Waals surface area contributed by atoms with Crippen LogP contribution in [0, 0.1) is 17.6 Å². The molecule has 0 atom stereocenters. The second kappa shape index (κ2) is 8.74. The van der Waals surface area contributed by atoms with Gasteiger partial charge in [0.15, 0.2) is 4.96 Å². The molecule has 0 bridgehead atoms. The minimum Gasteiger partial charge on any atom is -0.339 e. The monoisotopic (exact) mass is 466 g/mol. The Morgan fingerprint density at radius 1 is 1.06 bits per heavy atom. The molecule has 0 aliphatic carbocycles. The Morgan fingerprint density at radius 3 is 2.52 bits per heavy atom. The van der Waals surface area contributed by atoms with Crippen LogP contribution in [0.5, 0.6) is 0 Å². The predicted molar refractivity (Wildman–Crippen MR) is 122 cm³/mol. The molecule has 168 valence electrons. The van der Waals surface area contributed by atoms with E-state index in [1.807, 2.05) is 46.4 Å². The first-order valence-corrected chi connectivity index (χ1v) is 11.4. The van der Waals surface area contributed by atoms with Gasteiger partial charge in [0.1, 0.15) is 11.6 Å². The zero-order chi connectivity index (χ0) is 22.9. The molecule has 1 aliphatic rings. The maximum atomic E-state index is 13.9. The molecule has 4 aromatic rings. The van der Waals surface area contributed by atoms with Crippen molar-refractivity contribution in [3.05, 3.63) is 77.4 Å². The lowest BCUT2D eigenvalue weighted by Crippen LogP contribution is -2.41. The number of nitrogens with one attached hydrogen (secondary N) is 1. The molecule has 0 unspecified atom stereocenters. The van der Waals surface area contributed by atoms with E-state index in [2.05, 4.69) is 10.3 Å². The summed E-state index contributed by atoms with van der Waals surface area (Å²) in [6, 6.07) is 10.4. The van der Waals surface area contributed by atoms with Crippen LogP contribution in [0.15, 0.2) is 60.2 Å². The Bertz CT molecular complexity index is 1300. The van der Waals surface area contributed by atoms with E-state index in [4.69, 9.17) is 0 Å². The molecule has 0 saturated carbocycles. The molecular formula is C24H20F2N4O2S. The van der Waals surface area contributed by atoms with Crippen LogP contribution in [0.2, 0.25) is 0 Å². The van der Waals surface area contributed by atoms with Crippen LogP contribution in [-0.4, -0.2) is 39.2 Å². The van der Waals surface area contributed by atoms with Gasteiger partial charge in [0.05, 0.1) is 11.3 Å². The zero-order valence-electron chi connectivity index (χ0n) is 17.5. The summed E-state index contributed by atoms with van der Waals surface area (Å²) in [5.41, 5.74) is 2.37. The first kappa shape index (κ1) is 21.3. The quantitative estimate of drug-likeness (QED) is 0.468. The summed E-state index contributed by atoms with van der Waals surface area (Å²) in [4.78, 5) is 32.3. The van der Waals surface area contributed by atoms with Crippen LogP contribution in [-0.2, 0) is 4.79 Å². The number of likely N-dealkylation sites (tertiary alicyclic amines) is 1. The molecule has 2 aromatic carbocycles. The van der Waals surface area contributed by atoms with Crippen molar-refractivity contribution < 1.29 is 18.4 Å². The fourth-order valence-corrected chi connectivity index (χ4v) is 4.71. The first-order chi connectivity index (χ1) is 16.0. The van der Waals surface area contributed by atoms with E-state index in [-0.39, 0.29) is 17.4 Å². The summed E-state index contributed by atoms with van der Waals surface area (Å²) in [5.74, 6) is -2.44. The number of hydrogen-bond donors (Lipinski definition) is 1. The van der Waals surface area contributed by atoms with Gasteiger partial charge in [-0.3, -0.25) is 14.0 Å². The number of aromatic nitrogens is 2. The van der Waals surface area contributed by atoms with Gasteiger partial charge in [0.25, 0.3) is 5.91 Å². The van der Waals surface area contributed by atoms with Gasteiger partial charge < -0.3 is 10.2 Å². The number of rotatable bonds is 4. The van der Waals surface area contributed by atoms with Gasteiger partial charge in [-0.15, -0.1) is 11.3 Å². The summed E-state index contributed by atoms with van der Waals surface area (Å²) >= 11 is 1.57. The number of nitrogens with zero attached hydrogens (tertiary/aromatic N) is 3. The van der Waals surface area contributed by atoms with Gasteiger partial charge in [-0.05, 0) is 37.1 Å². The minimum atomic E-state index is -0.876. The lowest BCUT2D eigenvalue weighted by atomic mass is 9.95. The van der Waals surface area contributed by atoms with E-state index >= 15 is 0 Å². The van der Waals surface area contributed by atoms with E-state index < -0.39 is 17.5 Å². The molecular weight excluding hydrogens is 446 g/mol. The average molecular weight is 467 g/mol. The van der Waals surface area contributed by atoms with Gasteiger partial charge in [0, 0.05) is 54.1 Å². The van der Waals surface area contributed by atoms with Crippen molar-refractivity contribution in [2.45, 2.75) is 12.8 Å². The third kappa shape index (κ3) is 4.36. The van der Waals surface area contributed by atoms with Gasteiger partial charge in [0.2, 0.25) is 5.91 Å². The van der Waals surface area contributed by atoms with Crippen LogP contribution in [0.4, 0.5) is 14.5 Å². The third-order valence-corrected chi connectivity index (χ3v) is 6.63. The van der Waals surface area contributed by atoms with Crippen molar-refractivity contribution in [3.8, 4) is 11.3 Å². The average Bonchev–Trinajstić information content (AvgIpc) is 3.42. The van der Waals surface area contributed by atoms with Crippen molar-refractivity contribution in [1.82, 2.24) is 14.3 Å². The maximum Gasteiger partial charge on any atom is 0.256 e. The van der Waals surface area contributed by atoms with Crippen LogP contribution in [0.25, 0.3) is 16.2 Å². The topological polar surface area (TPSA) is 66.7 Å². The Balaban J connectivity index is 1.17. The van der Waals surface area contributed by atoms with Crippen molar-refractivity contribution in [2.75, 3.05) is 18.4 Å². The van der Waals surface area contributed by atoms with E-state index in [1.165, 1.54) is 4.90 Å². The number of anilines is 1. The summed E-state index contributed by atoms with van der Waals surface area (Å²) in [6.07, 6.45) is 4.88. The molecule has 1 N–H and O–H groups in total. The normalized spacial score (nSPS) is 14.5. The van der Waals surface area contributed by atoms with Crippen LogP contribution >= 0.6 is 11.3 Å². The zero-order valence-corrected chi connectivity index (χ0v) is 18.3. The maximum absolute atomic E-state index is 13.9. The summed E-state index contributed by atoms with van der Waals surface area (Å²) < 4.78 is 29.0. The molecule has 5 rings (SSSR count). The van der Waals surface area contributed by atoms with Gasteiger partial charge in [-0.1, -0.05) is 12.1 Å². The van der Waals surface area contributed by atoms with Gasteiger partial charge in [-0.25, -0.2) is 13.8 Å². The van der Waals surface area contributed by atoms with E-state index in [9.17, 15) is 18.4 Å². The largest absolute Gasteiger partial charge is 0.339 e. The lowest BCUT2D eigenvalue weighted by molar-refractivity contribution is -0.121. The first-order valence-electron chi connectivity index (χ1n) is 10.6. The number of benzene rings is 2. The second-order valence-corrected chi connectivity index (χ2v) is 8.85. The van der Waals surface area contributed by atoms with Crippen LogP contribution < -0.4 is 5.32 Å². The SMILES string of the molecule is O=C(Nc1ccc(-c2cn3ccsc3n2)cc1)C1CCN(C(=O)c2ccc(F)cc2F)CC1. The molecule has 3 heterocycles. The molecule has 33 heavy (non-hydrogen) atoms. The third-order valence-electron chi connectivity index (χ3n) is 5.86. The summed E-state index contributed by atoms with van der Waals surface area (Å²) in [5, 5.41) is 4.91. The fourth-order valence-electron chi connectivity index (χ4n) is 4.01. The number of thiazole rings is 1. The fraction of sp³-hybridized carbons (Fsp3) is 0.208. The van der Waals surface area contributed by atoms with E-state index in [0.29, 0.717) is 37.7 Å². The number of imidazole rings is 1. The number of fused-ring (bicyclic) bond motifs is 1. The Hall–Kier alpha value is -3.59.